The highest BCUT2D eigenvalue weighted by molar-refractivity contribution is 6.44. The summed E-state index contributed by atoms with van der Waals surface area (Å²) in [5.41, 5.74) is -1.31. The van der Waals surface area contributed by atoms with Gasteiger partial charge < -0.3 is 0 Å². The summed E-state index contributed by atoms with van der Waals surface area (Å²) in [4.78, 5) is 13.7. The molecule has 0 amide bonds. The average Bonchev–Trinajstić information content (AvgIpc) is 1.92. The van der Waals surface area contributed by atoms with E-state index in [9.17, 15) is 18.0 Å². The van der Waals surface area contributed by atoms with Crippen molar-refractivity contribution in [1.29, 1.82) is 0 Å². The number of halogens is 4. The molecule has 0 fully saturated rings. The van der Waals surface area contributed by atoms with Crippen LogP contribution >= 0.6 is 11.6 Å². The minimum atomic E-state index is -4.65. The van der Waals surface area contributed by atoms with Gasteiger partial charge in [0, 0.05) is 12.6 Å². The monoisotopic (exact) mass is 197 g/mol. The van der Waals surface area contributed by atoms with Gasteiger partial charge in [0.15, 0.2) is 11.5 Å². The van der Waals surface area contributed by atoms with Crippen LogP contribution < -0.4 is 0 Å². The fraction of sp³-hybridized carbons (Fsp3) is 0.333. The Morgan fingerprint density at radius 1 is 1.50 bits per heavy atom. The Morgan fingerprint density at radius 3 is 2.50 bits per heavy atom. The molecule has 1 heterocycles. The van der Waals surface area contributed by atoms with Crippen molar-refractivity contribution in [2.75, 3.05) is 0 Å². The van der Waals surface area contributed by atoms with Crippen LogP contribution in [0.4, 0.5) is 13.2 Å². The summed E-state index contributed by atoms with van der Waals surface area (Å²) in [7, 11) is 0. The van der Waals surface area contributed by atoms with E-state index in [2.05, 4.69) is 4.99 Å². The van der Waals surface area contributed by atoms with Crippen molar-refractivity contribution < 1.29 is 18.0 Å². The maximum absolute atomic E-state index is 12.0. The predicted molar refractivity (Wildman–Crippen MR) is 37.1 cm³/mol. The van der Waals surface area contributed by atoms with Crippen LogP contribution in [0.5, 0.6) is 0 Å². The number of carbonyl (C=O) groups excluding carboxylic acids is 1. The molecule has 66 valence electrons. The minimum absolute atomic E-state index is 0.168. The lowest BCUT2D eigenvalue weighted by Gasteiger charge is -2.11. The summed E-state index contributed by atoms with van der Waals surface area (Å²) in [6.45, 7) is 0. The van der Waals surface area contributed by atoms with E-state index in [1.807, 2.05) is 0 Å². The van der Waals surface area contributed by atoms with Gasteiger partial charge in [-0.2, -0.15) is 13.2 Å². The Balaban J connectivity index is 3.10. The average molecular weight is 198 g/mol. The number of carbonyl (C=O) groups is 1. The molecule has 0 saturated carbocycles. The van der Waals surface area contributed by atoms with E-state index >= 15 is 0 Å². The highest BCUT2D eigenvalue weighted by atomic mass is 35.5. The molecule has 0 aromatic heterocycles. The second-order valence-corrected chi connectivity index (χ2v) is 2.48. The zero-order valence-electron chi connectivity index (χ0n) is 5.65. The maximum atomic E-state index is 12.0. The second kappa shape index (κ2) is 2.90. The van der Waals surface area contributed by atoms with Gasteiger partial charge in [0.05, 0.1) is 0 Å². The molecule has 1 rings (SSSR count). The molecular formula is C6H3ClF3NO. The van der Waals surface area contributed by atoms with E-state index in [-0.39, 0.29) is 6.42 Å². The molecule has 0 unspecified atom stereocenters. The summed E-state index contributed by atoms with van der Waals surface area (Å²) in [6.07, 6.45) is -3.92. The fourth-order valence-electron chi connectivity index (χ4n) is 0.696. The van der Waals surface area contributed by atoms with Gasteiger partial charge in [-0.3, -0.25) is 9.79 Å². The van der Waals surface area contributed by atoms with E-state index < -0.39 is 22.7 Å². The van der Waals surface area contributed by atoms with Crippen LogP contribution in [0.15, 0.2) is 15.7 Å². The smallest absolute Gasteiger partial charge is 0.293 e. The van der Waals surface area contributed by atoms with Gasteiger partial charge >= 0.3 is 6.18 Å². The Hall–Kier alpha value is -0.840. The lowest BCUT2D eigenvalue weighted by Crippen LogP contribution is -2.18. The summed E-state index contributed by atoms with van der Waals surface area (Å²) in [6, 6.07) is 0. The number of hydrogen-bond donors (Lipinski definition) is 0. The first-order valence-electron chi connectivity index (χ1n) is 2.95. The molecule has 0 radical (unpaired) electrons. The van der Waals surface area contributed by atoms with E-state index in [1.165, 1.54) is 0 Å². The number of Topliss-reactive ketones (excluding diaryl/α,β-unsaturated/α-hetero) is 1. The summed E-state index contributed by atoms with van der Waals surface area (Å²) >= 11 is 5.11. The zero-order valence-corrected chi connectivity index (χ0v) is 6.41. The van der Waals surface area contributed by atoms with E-state index in [1.54, 1.807) is 0 Å². The Morgan fingerprint density at radius 2 is 2.08 bits per heavy atom. The first kappa shape index (κ1) is 9.25. The summed E-state index contributed by atoms with van der Waals surface area (Å²) in [5.74, 6) is -0.751. The number of nitrogens with zero attached hydrogens (tertiary/aromatic N) is 1. The van der Waals surface area contributed by atoms with Crippen LogP contribution in [0.1, 0.15) is 6.42 Å². The molecule has 0 bridgehead atoms. The van der Waals surface area contributed by atoms with Crippen molar-refractivity contribution in [1.82, 2.24) is 0 Å². The molecule has 0 aromatic carbocycles. The molecule has 0 aromatic rings. The lowest BCUT2D eigenvalue weighted by atomic mass is 10.2. The van der Waals surface area contributed by atoms with Gasteiger partial charge in [-0.1, -0.05) is 11.6 Å². The molecule has 0 N–H and O–H groups in total. The van der Waals surface area contributed by atoms with Crippen LogP contribution in [-0.2, 0) is 4.79 Å². The predicted octanol–water partition coefficient (Wildman–Crippen LogP) is 2.04. The summed E-state index contributed by atoms with van der Waals surface area (Å²) < 4.78 is 35.9. The highest BCUT2D eigenvalue weighted by Gasteiger charge is 2.38. The first-order chi connectivity index (χ1) is 5.43. The first-order valence-corrected chi connectivity index (χ1v) is 3.33. The molecule has 6 heteroatoms. The number of allylic oxidation sites excluding steroid dienone is 2. The van der Waals surface area contributed by atoms with Gasteiger partial charge in [-0.15, -0.1) is 0 Å². The van der Waals surface area contributed by atoms with Crippen molar-refractivity contribution in [3.05, 3.63) is 10.7 Å². The molecule has 0 aliphatic carbocycles. The van der Waals surface area contributed by atoms with Crippen LogP contribution in [0.2, 0.25) is 0 Å². The molecule has 2 nitrogen and oxygen atoms in total. The van der Waals surface area contributed by atoms with Gasteiger partial charge in [-0.05, 0) is 0 Å². The third-order valence-electron chi connectivity index (χ3n) is 1.22. The Bertz CT molecular complexity index is 279. The van der Waals surface area contributed by atoms with E-state index in [0.29, 0.717) is 0 Å². The fourth-order valence-corrected chi connectivity index (χ4v) is 0.929. The van der Waals surface area contributed by atoms with E-state index in [0.717, 1.165) is 6.21 Å². The zero-order chi connectivity index (χ0) is 9.35. The topological polar surface area (TPSA) is 29.4 Å². The lowest BCUT2D eigenvalue weighted by molar-refractivity contribution is -0.116. The maximum Gasteiger partial charge on any atom is 0.434 e. The quantitative estimate of drug-likeness (QED) is 0.584. The number of rotatable bonds is 0. The van der Waals surface area contributed by atoms with Crippen LogP contribution in [-0.4, -0.2) is 18.2 Å². The van der Waals surface area contributed by atoms with Crippen molar-refractivity contribution in [3.63, 3.8) is 0 Å². The number of aliphatic imine (C=N–C) groups is 1. The van der Waals surface area contributed by atoms with Crippen LogP contribution in [0, 0.1) is 0 Å². The Labute approximate surface area is 70.7 Å². The highest BCUT2D eigenvalue weighted by Crippen LogP contribution is 2.32. The molecular weight excluding hydrogens is 195 g/mol. The minimum Gasteiger partial charge on any atom is -0.293 e. The second-order valence-electron chi connectivity index (χ2n) is 2.10. The van der Waals surface area contributed by atoms with Crippen molar-refractivity contribution >= 4 is 23.6 Å². The van der Waals surface area contributed by atoms with Gasteiger partial charge in [0.2, 0.25) is 0 Å². The van der Waals surface area contributed by atoms with Gasteiger partial charge in [0.1, 0.15) is 5.03 Å². The molecule has 1 aliphatic rings. The Kier molecular flexibility index (Phi) is 2.23. The molecule has 1 aliphatic heterocycles. The number of alkyl halides is 3. The largest absolute Gasteiger partial charge is 0.434 e. The summed E-state index contributed by atoms with van der Waals surface area (Å²) in [5, 5.41) is -0.829. The SMILES string of the molecule is O=C1CC=NC(C(F)(F)F)=C1Cl. The van der Waals surface area contributed by atoms with E-state index in [4.69, 9.17) is 11.6 Å². The number of ketones is 1. The van der Waals surface area contributed by atoms with Gasteiger partial charge in [-0.25, -0.2) is 0 Å². The van der Waals surface area contributed by atoms with Crippen molar-refractivity contribution in [2.24, 2.45) is 4.99 Å². The normalized spacial score (nSPS) is 18.8. The number of hydrogen-bond acceptors (Lipinski definition) is 2. The van der Waals surface area contributed by atoms with Crippen LogP contribution in [0.3, 0.4) is 0 Å². The standard InChI is InChI=1S/C6H3ClF3NO/c7-4-3(12)1-2-11-5(4)6(8,9)10/h2H,1H2. The third kappa shape index (κ3) is 1.66. The third-order valence-corrected chi connectivity index (χ3v) is 1.61. The molecule has 12 heavy (non-hydrogen) atoms. The molecule has 0 atom stereocenters. The van der Waals surface area contributed by atoms with Crippen molar-refractivity contribution in [2.45, 2.75) is 12.6 Å². The van der Waals surface area contributed by atoms with Crippen molar-refractivity contribution in [3.8, 4) is 0 Å². The molecule has 0 saturated heterocycles. The molecule has 0 spiro atoms. The van der Waals surface area contributed by atoms with Crippen LogP contribution in [0.25, 0.3) is 0 Å². The van der Waals surface area contributed by atoms with Gasteiger partial charge in [0.25, 0.3) is 0 Å².